The number of rotatable bonds is 8. The second-order valence-electron chi connectivity index (χ2n) is 5.48. The summed E-state index contributed by atoms with van der Waals surface area (Å²) in [6, 6.07) is 6.03. The van der Waals surface area contributed by atoms with Gasteiger partial charge in [0.1, 0.15) is 18.1 Å². The maximum absolute atomic E-state index is 11.1. The molecule has 0 atom stereocenters. The molecule has 1 aromatic carbocycles. The number of benzene rings is 1. The molecule has 5 heteroatoms. The Morgan fingerprint density at radius 3 is 2.59 bits per heavy atom. The molecule has 0 aliphatic rings. The van der Waals surface area contributed by atoms with Crippen LogP contribution in [0.1, 0.15) is 53.5 Å². The van der Waals surface area contributed by atoms with E-state index in [-0.39, 0.29) is 0 Å². The number of ether oxygens (including phenoxy) is 1. The number of unbranched alkanes of at least 4 members (excludes halogenated alkanes) is 2. The number of hydrogen-bond acceptors (Lipinski definition) is 4. The van der Waals surface area contributed by atoms with E-state index in [9.17, 15) is 4.79 Å². The average molecular weight is 301 g/mol. The van der Waals surface area contributed by atoms with Crippen molar-refractivity contribution in [1.82, 2.24) is 15.0 Å². The van der Waals surface area contributed by atoms with Crippen LogP contribution in [-0.2, 0) is 13.2 Å². The van der Waals surface area contributed by atoms with Crippen molar-refractivity contribution in [3.63, 3.8) is 0 Å². The quantitative estimate of drug-likeness (QED) is 0.553. The fraction of sp³-hybridized carbons (Fsp3) is 0.471. The molecule has 0 unspecified atom stereocenters. The fourth-order valence-corrected chi connectivity index (χ4v) is 2.44. The predicted molar refractivity (Wildman–Crippen MR) is 85.2 cm³/mol. The zero-order valence-electron chi connectivity index (χ0n) is 13.5. The smallest absolute Gasteiger partial charge is 0.172 e. The SMILES string of the molecule is CCCCCn1nnc(C=O)c1COc1c(C)cccc1C. The van der Waals surface area contributed by atoms with E-state index < -0.39 is 0 Å². The Morgan fingerprint density at radius 2 is 1.95 bits per heavy atom. The molecule has 0 fully saturated rings. The van der Waals surface area contributed by atoms with E-state index in [1.165, 1.54) is 0 Å². The first-order valence-corrected chi connectivity index (χ1v) is 7.74. The minimum Gasteiger partial charge on any atom is -0.487 e. The summed E-state index contributed by atoms with van der Waals surface area (Å²) in [6.07, 6.45) is 4.04. The Morgan fingerprint density at radius 1 is 1.23 bits per heavy atom. The van der Waals surface area contributed by atoms with E-state index in [1.807, 2.05) is 32.0 Å². The minimum atomic E-state index is 0.304. The summed E-state index contributed by atoms with van der Waals surface area (Å²) in [5.74, 6) is 0.862. The number of hydrogen-bond donors (Lipinski definition) is 0. The second-order valence-corrected chi connectivity index (χ2v) is 5.48. The second kappa shape index (κ2) is 7.73. The highest BCUT2D eigenvalue weighted by atomic mass is 16.5. The first-order chi connectivity index (χ1) is 10.7. The van der Waals surface area contributed by atoms with Crippen LogP contribution in [0.4, 0.5) is 0 Å². The van der Waals surface area contributed by atoms with Crippen molar-refractivity contribution in [3.05, 3.63) is 40.7 Å². The number of aromatic nitrogens is 3. The Hall–Kier alpha value is -2.17. The van der Waals surface area contributed by atoms with Gasteiger partial charge in [0.05, 0.1) is 0 Å². The van der Waals surface area contributed by atoms with Crippen LogP contribution < -0.4 is 4.74 Å². The lowest BCUT2D eigenvalue weighted by Gasteiger charge is -2.13. The maximum Gasteiger partial charge on any atom is 0.172 e. The van der Waals surface area contributed by atoms with Crippen LogP contribution in [0.2, 0.25) is 0 Å². The van der Waals surface area contributed by atoms with Gasteiger partial charge in [0.2, 0.25) is 0 Å². The van der Waals surface area contributed by atoms with Crippen LogP contribution in [0.15, 0.2) is 18.2 Å². The number of carbonyl (C=O) groups is 1. The Kier molecular flexibility index (Phi) is 5.69. The van der Waals surface area contributed by atoms with E-state index in [2.05, 4.69) is 17.2 Å². The highest BCUT2D eigenvalue weighted by molar-refractivity contribution is 5.73. The van der Waals surface area contributed by atoms with Crippen LogP contribution in [-0.4, -0.2) is 21.3 Å². The van der Waals surface area contributed by atoms with Gasteiger partial charge in [-0.3, -0.25) is 4.79 Å². The van der Waals surface area contributed by atoms with Crippen molar-refractivity contribution in [2.75, 3.05) is 0 Å². The molecular weight excluding hydrogens is 278 g/mol. The number of para-hydroxylation sites is 1. The van der Waals surface area contributed by atoms with E-state index in [4.69, 9.17) is 4.74 Å². The molecule has 1 heterocycles. The highest BCUT2D eigenvalue weighted by Crippen LogP contribution is 2.23. The van der Waals surface area contributed by atoms with Crippen molar-refractivity contribution < 1.29 is 9.53 Å². The average Bonchev–Trinajstić information content (AvgIpc) is 2.89. The molecule has 5 nitrogen and oxygen atoms in total. The van der Waals surface area contributed by atoms with Crippen molar-refractivity contribution in [2.45, 2.75) is 53.2 Å². The molecule has 0 radical (unpaired) electrons. The van der Waals surface area contributed by atoms with E-state index in [0.717, 1.165) is 54.7 Å². The van der Waals surface area contributed by atoms with Crippen molar-refractivity contribution in [3.8, 4) is 5.75 Å². The zero-order valence-corrected chi connectivity index (χ0v) is 13.5. The summed E-state index contributed by atoms with van der Waals surface area (Å²) < 4.78 is 7.73. The molecule has 0 aliphatic heterocycles. The van der Waals surface area contributed by atoms with Crippen LogP contribution in [0, 0.1) is 13.8 Å². The standard InChI is InChI=1S/C17H23N3O2/c1-4-5-6-10-20-16(15(11-21)18-19-20)12-22-17-13(2)8-7-9-14(17)3/h7-9,11H,4-6,10,12H2,1-3H3. The monoisotopic (exact) mass is 301 g/mol. The molecule has 2 aromatic rings. The molecule has 0 saturated carbocycles. The topological polar surface area (TPSA) is 57.0 Å². The zero-order chi connectivity index (χ0) is 15.9. The van der Waals surface area contributed by atoms with Crippen LogP contribution >= 0.6 is 0 Å². The normalized spacial score (nSPS) is 10.7. The molecule has 118 valence electrons. The lowest BCUT2D eigenvalue weighted by Crippen LogP contribution is -2.10. The summed E-state index contributed by atoms with van der Waals surface area (Å²) in [6.45, 7) is 7.25. The van der Waals surface area contributed by atoms with Crippen molar-refractivity contribution >= 4 is 6.29 Å². The third-order valence-corrected chi connectivity index (χ3v) is 3.71. The molecule has 0 amide bonds. The minimum absolute atomic E-state index is 0.304. The largest absolute Gasteiger partial charge is 0.487 e. The molecular formula is C17H23N3O2. The Bertz CT molecular complexity index is 615. The third kappa shape index (κ3) is 3.72. The summed E-state index contributed by atoms with van der Waals surface area (Å²) in [5.41, 5.74) is 3.27. The number of aldehydes is 1. The molecule has 22 heavy (non-hydrogen) atoms. The summed E-state index contributed by atoms with van der Waals surface area (Å²) in [4.78, 5) is 11.1. The van der Waals surface area contributed by atoms with Crippen LogP contribution in [0.3, 0.4) is 0 Å². The molecule has 0 N–H and O–H groups in total. The van der Waals surface area contributed by atoms with Crippen LogP contribution in [0.25, 0.3) is 0 Å². The Labute approximate surface area is 131 Å². The Balaban J connectivity index is 2.14. The van der Waals surface area contributed by atoms with Gasteiger partial charge in [-0.2, -0.15) is 0 Å². The molecule has 1 aromatic heterocycles. The van der Waals surface area contributed by atoms with E-state index in [1.54, 1.807) is 4.68 Å². The molecule has 0 saturated heterocycles. The first kappa shape index (κ1) is 16.2. The molecule has 0 spiro atoms. The highest BCUT2D eigenvalue weighted by Gasteiger charge is 2.14. The van der Waals surface area contributed by atoms with Gasteiger partial charge in [0.25, 0.3) is 0 Å². The van der Waals surface area contributed by atoms with Gasteiger partial charge in [-0.05, 0) is 31.4 Å². The third-order valence-electron chi connectivity index (χ3n) is 3.71. The van der Waals surface area contributed by atoms with E-state index in [0.29, 0.717) is 12.3 Å². The lowest BCUT2D eigenvalue weighted by molar-refractivity contribution is 0.111. The summed E-state index contributed by atoms with van der Waals surface area (Å²) in [7, 11) is 0. The predicted octanol–water partition coefficient (Wildman–Crippen LogP) is 3.48. The molecule has 0 bridgehead atoms. The van der Waals surface area contributed by atoms with Gasteiger partial charge < -0.3 is 4.74 Å². The van der Waals surface area contributed by atoms with Gasteiger partial charge in [-0.1, -0.05) is 43.2 Å². The molecule has 2 rings (SSSR count). The summed E-state index contributed by atoms with van der Waals surface area (Å²) in [5, 5.41) is 8.01. The summed E-state index contributed by atoms with van der Waals surface area (Å²) >= 11 is 0. The van der Waals surface area contributed by atoms with Crippen LogP contribution in [0.5, 0.6) is 5.75 Å². The van der Waals surface area contributed by atoms with Crippen molar-refractivity contribution in [1.29, 1.82) is 0 Å². The van der Waals surface area contributed by atoms with E-state index >= 15 is 0 Å². The first-order valence-electron chi connectivity index (χ1n) is 7.74. The maximum atomic E-state index is 11.1. The number of nitrogens with zero attached hydrogens (tertiary/aromatic N) is 3. The van der Waals surface area contributed by atoms with Gasteiger partial charge in [0, 0.05) is 6.54 Å². The van der Waals surface area contributed by atoms with Gasteiger partial charge in [-0.15, -0.1) is 5.10 Å². The lowest BCUT2D eigenvalue weighted by atomic mass is 10.1. The van der Waals surface area contributed by atoms with Gasteiger partial charge >= 0.3 is 0 Å². The van der Waals surface area contributed by atoms with Gasteiger partial charge in [-0.25, -0.2) is 4.68 Å². The number of aryl methyl sites for hydroxylation is 3. The fourth-order valence-electron chi connectivity index (χ4n) is 2.44. The van der Waals surface area contributed by atoms with Gasteiger partial charge in [0.15, 0.2) is 12.0 Å². The number of carbonyl (C=O) groups excluding carboxylic acids is 1. The van der Waals surface area contributed by atoms with Crippen molar-refractivity contribution in [2.24, 2.45) is 0 Å². The molecule has 0 aliphatic carbocycles.